The molecular weight excluding hydrogens is 278 g/mol. The fraction of sp³-hybridized carbons (Fsp3) is 0.533. The number of amides is 1. The van der Waals surface area contributed by atoms with Crippen molar-refractivity contribution < 1.29 is 14.3 Å². The van der Waals surface area contributed by atoms with E-state index in [1.807, 2.05) is 25.1 Å². The molecule has 0 radical (unpaired) electrons. The molecule has 4 nitrogen and oxygen atoms in total. The minimum Gasteiger partial charge on any atom is -0.497 e. The summed E-state index contributed by atoms with van der Waals surface area (Å²) in [6.45, 7) is 2.63. The molecule has 5 heteroatoms. The van der Waals surface area contributed by atoms with E-state index in [0.29, 0.717) is 18.8 Å². The average Bonchev–Trinajstić information content (AvgIpc) is 2.46. The van der Waals surface area contributed by atoms with Gasteiger partial charge in [-0.15, -0.1) is 11.6 Å². The largest absolute Gasteiger partial charge is 0.497 e. The summed E-state index contributed by atoms with van der Waals surface area (Å²) in [6.07, 6.45) is 1.21. The maximum atomic E-state index is 11.8. The van der Waals surface area contributed by atoms with E-state index in [1.54, 1.807) is 14.2 Å². The molecule has 0 fully saturated rings. The van der Waals surface area contributed by atoms with Crippen molar-refractivity contribution in [1.29, 1.82) is 0 Å². The van der Waals surface area contributed by atoms with Crippen LogP contribution in [0, 0.1) is 0 Å². The smallest absolute Gasteiger partial charge is 0.220 e. The van der Waals surface area contributed by atoms with Crippen LogP contribution in [0.3, 0.4) is 0 Å². The van der Waals surface area contributed by atoms with Gasteiger partial charge in [0, 0.05) is 24.9 Å². The Morgan fingerprint density at radius 1 is 1.35 bits per heavy atom. The van der Waals surface area contributed by atoms with Crippen molar-refractivity contribution in [3.8, 4) is 11.5 Å². The third kappa shape index (κ3) is 4.93. The summed E-state index contributed by atoms with van der Waals surface area (Å²) in [5.74, 6) is 2.14. The highest BCUT2D eigenvalue weighted by Gasteiger charge is 2.15. The highest BCUT2D eigenvalue weighted by Crippen LogP contribution is 2.31. The number of hydrogen-bond acceptors (Lipinski definition) is 3. The van der Waals surface area contributed by atoms with Gasteiger partial charge in [-0.1, -0.05) is 13.0 Å². The van der Waals surface area contributed by atoms with Crippen LogP contribution < -0.4 is 14.8 Å². The molecule has 1 aromatic rings. The first-order valence-corrected chi connectivity index (χ1v) is 7.20. The molecule has 0 saturated carbocycles. The van der Waals surface area contributed by atoms with Gasteiger partial charge in [-0.3, -0.25) is 4.79 Å². The second kappa shape index (κ2) is 8.69. The van der Waals surface area contributed by atoms with Gasteiger partial charge in [0.2, 0.25) is 5.91 Å². The Kier molecular flexibility index (Phi) is 7.23. The van der Waals surface area contributed by atoms with Crippen LogP contribution in [0.2, 0.25) is 0 Å². The molecule has 1 aromatic carbocycles. The second-order valence-electron chi connectivity index (χ2n) is 4.61. The van der Waals surface area contributed by atoms with Gasteiger partial charge in [0.15, 0.2) is 0 Å². The van der Waals surface area contributed by atoms with Gasteiger partial charge in [-0.05, 0) is 24.0 Å². The van der Waals surface area contributed by atoms with Crippen LogP contribution in [0.4, 0.5) is 0 Å². The van der Waals surface area contributed by atoms with Crippen molar-refractivity contribution >= 4 is 17.5 Å². The van der Waals surface area contributed by atoms with Gasteiger partial charge < -0.3 is 14.8 Å². The van der Waals surface area contributed by atoms with Gasteiger partial charge in [0.25, 0.3) is 0 Å². The van der Waals surface area contributed by atoms with E-state index >= 15 is 0 Å². The standard InChI is InChI=1S/C15H22ClNO3/c1-11(9-15(18)17-8-4-7-16)13-6-5-12(19-2)10-14(13)20-3/h5-6,10-11H,4,7-9H2,1-3H3,(H,17,18). The van der Waals surface area contributed by atoms with E-state index < -0.39 is 0 Å². The van der Waals surface area contributed by atoms with Crippen LogP contribution in [-0.4, -0.2) is 32.6 Å². The Bertz CT molecular complexity index is 437. The van der Waals surface area contributed by atoms with Crippen molar-refractivity contribution in [3.63, 3.8) is 0 Å². The zero-order valence-electron chi connectivity index (χ0n) is 12.2. The lowest BCUT2D eigenvalue weighted by atomic mass is 9.96. The molecule has 0 bridgehead atoms. The number of carbonyl (C=O) groups is 1. The maximum Gasteiger partial charge on any atom is 0.220 e. The van der Waals surface area contributed by atoms with Gasteiger partial charge in [-0.2, -0.15) is 0 Å². The van der Waals surface area contributed by atoms with Crippen LogP contribution in [0.25, 0.3) is 0 Å². The van der Waals surface area contributed by atoms with Crippen LogP contribution in [-0.2, 0) is 4.79 Å². The third-order valence-electron chi connectivity index (χ3n) is 3.10. The molecule has 0 aromatic heterocycles. The number of halogens is 1. The van der Waals surface area contributed by atoms with Crippen molar-refractivity contribution in [1.82, 2.24) is 5.32 Å². The molecule has 1 unspecified atom stereocenters. The topological polar surface area (TPSA) is 47.6 Å². The highest BCUT2D eigenvalue weighted by molar-refractivity contribution is 6.17. The minimum absolute atomic E-state index is 0.0282. The summed E-state index contributed by atoms with van der Waals surface area (Å²) in [5, 5.41) is 2.86. The Labute approximate surface area is 125 Å². The molecule has 1 N–H and O–H groups in total. The molecule has 0 saturated heterocycles. The molecule has 112 valence electrons. The SMILES string of the molecule is COc1ccc(C(C)CC(=O)NCCCCl)c(OC)c1. The zero-order chi connectivity index (χ0) is 15.0. The molecule has 0 spiro atoms. The molecule has 1 rings (SSSR count). The maximum absolute atomic E-state index is 11.8. The summed E-state index contributed by atoms with van der Waals surface area (Å²) >= 11 is 5.58. The minimum atomic E-state index is 0.0282. The lowest BCUT2D eigenvalue weighted by Gasteiger charge is -2.16. The van der Waals surface area contributed by atoms with E-state index in [1.165, 1.54) is 0 Å². The number of carbonyl (C=O) groups excluding carboxylic acids is 1. The van der Waals surface area contributed by atoms with Gasteiger partial charge >= 0.3 is 0 Å². The first-order valence-electron chi connectivity index (χ1n) is 6.67. The molecule has 0 aliphatic carbocycles. The number of alkyl halides is 1. The molecule has 0 aliphatic heterocycles. The highest BCUT2D eigenvalue weighted by atomic mass is 35.5. The molecular formula is C15H22ClNO3. The first-order chi connectivity index (χ1) is 9.62. The number of rotatable bonds is 8. The number of methoxy groups -OCH3 is 2. The van der Waals surface area contributed by atoms with E-state index in [9.17, 15) is 4.79 Å². The Hall–Kier alpha value is -1.42. The van der Waals surface area contributed by atoms with Crippen molar-refractivity contribution in [2.24, 2.45) is 0 Å². The van der Waals surface area contributed by atoms with Crippen molar-refractivity contribution in [2.75, 3.05) is 26.6 Å². The van der Waals surface area contributed by atoms with E-state index in [-0.39, 0.29) is 11.8 Å². The van der Waals surface area contributed by atoms with Gasteiger partial charge in [0.05, 0.1) is 14.2 Å². The van der Waals surface area contributed by atoms with Crippen LogP contribution in [0.5, 0.6) is 11.5 Å². The number of benzene rings is 1. The number of hydrogen-bond donors (Lipinski definition) is 1. The lowest BCUT2D eigenvalue weighted by molar-refractivity contribution is -0.121. The molecule has 1 amide bonds. The monoisotopic (exact) mass is 299 g/mol. The van der Waals surface area contributed by atoms with Crippen LogP contribution in [0.1, 0.15) is 31.2 Å². The second-order valence-corrected chi connectivity index (χ2v) is 4.98. The normalized spacial score (nSPS) is 11.8. The quantitative estimate of drug-likeness (QED) is 0.593. The molecule has 0 heterocycles. The predicted molar refractivity (Wildman–Crippen MR) is 80.9 cm³/mol. The van der Waals surface area contributed by atoms with E-state index in [0.717, 1.165) is 23.5 Å². The Morgan fingerprint density at radius 2 is 2.10 bits per heavy atom. The van der Waals surface area contributed by atoms with Gasteiger partial charge in [-0.25, -0.2) is 0 Å². The Balaban J connectivity index is 2.66. The number of ether oxygens (including phenoxy) is 2. The van der Waals surface area contributed by atoms with Gasteiger partial charge in [0.1, 0.15) is 11.5 Å². The van der Waals surface area contributed by atoms with Crippen LogP contribution in [0.15, 0.2) is 18.2 Å². The summed E-state index contributed by atoms with van der Waals surface area (Å²) in [7, 11) is 3.23. The molecule has 20 heavy (non-hydrogen) atoms. The molecule has 0 aliphatic rings. The predicted octanol–water partition coefficient (Wildman–Crippen LogP) is 2.94. The van der Waals surface area contributed by atoms with Crippen molar-refractivity contribution in [3.05, 3.63) is 23.8 Å². The summed E-state index contributed by atoms with van der Waals surface area (Å²) in [6, 6.07) is 5.64. The summed E-state index contributed by atoms with van der Waals surface area (Å²) in [5.41, 5.74) is 1.00. The summed E-state index contributed by atoms with van der Waals surface area (Å²) in [4.78, 5) is 11.8. The van der Waals surface area contributed by atoms with E-state index in [2.05, 4.69) is 5.32 Å². The molecule has 1 atom stereocenters. The Morgan fingerprint density at radius 3 is 2.70 bits per heavy atom. The van der Waals surface area contributed by atoms with Crippen LogP contribution >= 0.6 is 11.6 Å². The summed E-state index contributed by atoms with van der Waals surface area (Å²) < 4.78 is 10.5. The van der Waals surface area contributed by atoms with E-state index in [4.69, 9.17) is 21.1 Å². The zero-order valence-corrected chi connectivity index (χ0v) is 13.0. The first kappa shape index (κ1) is 16.6. The fourth-order valence-electron chi connectivity index (χ4n) is 1.98. The average molecular weight is 300 g/mol. The lowest BCUT2D eigenvalue weighted by Crippen LogP contribution is -2.25. The third-order valence-corrected chi connectivity index (χ3v) is 3.36. The number of nitrogens with one attached hydrogen (secondary N) is 1. The van der Waals surface area contributed by atoms with Crippen molar-refractivity contribution in [2.45, 2.75) is 25.7 Å². The fourth-order valence-corrected chi connectivity index (χ4v) is 2.11.